The molecule has 0 bridgehead atoms. The van der Waals surface area contributed by atoms with Crippen molar-refractivity contribution in [2.45, 2.75) is 13.3 Å². The van der Waals surface area contributed by atoms with Gasteiger partial charge in [-0.3, -0.25) is 0 Å². The zero-order valence-electron chi connectivity index (χ0n) is 8.53. The molecule has 0 aliphatic rings. The highest BCUT2D eigenvalue weighted by Crippen LogP contribution is 2.22. The Morgan fingerprint density at radius 1 is 1.33 bits per heavy atom. The number of hydrogen-bond acceptors (Lipinski definition) is 4. The van der Waals surface area contributed by atoms with Crippen molar-refractivity contribution in [1.82, 2.24) is 4.98 Å². The molecule has 0 saturated heterocycles. The number of rotatable bonds is 2. The number of nitrogens with zero attached hydrogens (tertiary/aromatic N) is 1. The van der Waals surface area contributed by atoms with E-state index < -0.39 is 0 Å². The standard InChI is InChI=1S/C11H13N3O/c1-7-3-5-15-9(7)6-8-2-4-14-11(13)10(8)12/h2-5H,6,12H2,1H3,(H2,13,14). The molecule has 4 heteroatoms. The van der Waals surface area contributed by atoms with Crippen LogP contribution in [0.4, 0.5) is 11.5 Å². The Hall–Kier alpha value is -1.97. The second-order valence-electron chi connectivity index (χ2n) is 3.47. The van der Waals surface area contributed by atoms with Crippen molar-refractivity contribution >= 4 is 11.5 Å². The maximum absolute atomic E-state index is 5.82. The van der Waals surface area contributed by atoms with Gasteiger partial charge < -0.3 is 15.9 Å². The molecule has 15 heavy (non-hydrogen) atoms. The van der Waals surface area contributed by atoms with Crippen LogP contribution < -0.4 is 11.5 Å². The van der Waals surface area contributed by atoms with E-state index in [4.69, 9.17) is 15.9 Å². The fourth-order valence-electron chi connectivity index (χ4n) is 1.44. The summed E-state index contributed by atoms with van der Waals surface area (Å²) >= 11 is 0. The number of pyridine rings is 1. The number of nitrogens with two attached hydrogens (primary N) is 2. The summed E-state index contributed by atoms with van der Waals surface area (Å²) in [5.74, 6) is 1.28. The van der Waals surface area contributed by atoms with Crippen LogP contribution in [0.25, 0.3) is 0 Å². The first kappa shape index (κ1) is 9.58. The van der Waals surface area contributed by atoms with Crippen LogP contribution in [0.15, 0.2) is 29.0 Å². The van der Waals surface area contributed by atoms with Crippen molar-refractivity contribution in [3.05, 3.63) is 41.5 Å². The van der Waals surface area contributed by atoms with Gasteiger partial charge in [-0.25, -0.2) is 4.98 Å². The summed E-state index contributed by atoms with van der Waals surface area (Å²) in [7, 11) is 0. The molecule has 0 fully saturated rings. The number of aromatic nitrogens is 1. The number of hydrogen-bond donors (Lipinski definition) is 2. The molecule has 0 unspecified atom stereocenters. The van der Waals surface area contributed by atoms with Crippen LogP contribution in [0, 0.1) is 6.92 Å². The number of aryl methyl sites for hydroxylation is 1. The lowest BCUT2D eigenvalue weighted by atomic mass is 10.1. The van der Waals surface area contributed by atoms with Crippen molar-refractivity contribution < 1.29 is 4.42 Å². The quantitative estimate of drug-likeness (QED) is 0.779. The average Bonchev–Trinajstić information content (AvgIpc) is 2.60. The third kappa shape index (κ3) is 1.79. The van der Waals surface area contributed by atoms with Gasteiger partial charge in [0, 0.05) is 12.6 Å². The van der Waals surface area contributed by atoms with Gasteiger partial charge in [-0.15, -0.1) is 0 Å². The van der Waals surface area contributed by atoms with Crippen LogP contribution in [0.3, 0.4) is 0 Å². The maximum atomic E-state index is 5.82. The predicted molar refractivity (Wildman–Crippen MR) is 59.3 cm³/mol. The topological polar surface area (TPSA) is 78.1 Å². The van der Waals surface area contributed by atoms with Crippen molar-refractivity contribution in [3.63, 3.8) is 0 Å². The summed E-state index contributed by atoms with van der Waals surface area (Å²) in [5.41, 5.74) is 14.0. The van der Waals surface area contributed by atoms with Crippen molar-refractivity contribution in [2.75, 3.05) is 11.5 Å². The van der Waals surface area contributed by atoms with Crippen LogP contribution in [-0.2, 0) is 6.42 Å². The summed E-state index contributed by atoms with van der Waals surface area (Å²) in [6.07, 6.45) is 3.97. The first-order chi connectivity index (χ1) is 7.18. The molecule has 2 rings (SSSR count). The zero-order valence-corrected chi connectivity index (χ0v) is 8.53. The molecule has 2 heterocycles. The number of anilines is 2. The second kappa shape index (κ2) is 3.65. The van der Waals surface area contributed by atoms with E-state index in [9.17, 15) is 0 Å². The lowest BCUT2D eigenvalue weighted by molar-refractivity contribution is 0.518. The molecule has 78 valence electrons. The molecule has 0 aliphatic heterocycles. The molecule has 0 saturated carbocycles. The van der Waals surface area contributed by atoms with Gasteiger partial charge in [-0.2, -0.15) is 0 Å². The van der Waals surface area contributed by atoms with Crippen LogP contribution in [0.5, 0.6) is 0 Å². The first-order valence-corrected chi connectivity index (χ1v) is 4.70. The minimum absolute atomic E-state index is 0.372. The van der Waals surface area contributed by atoms with E-state index in [-0.39, 0.29) is 0 Å². The van der Waals surface area contributed by atoms with Crippen molar-refractivity contribution in [3.8, 4) is 0 Å². The Kier molecular flexibility index (Phi) is 2.33. The third-order valence-electron chi connectivity index (χ3n) is 2.43. The molecule has 0 radical (unpaired) electrons. The molecule has 0 aromatic carbocycles. The van der Waals surface area contributed by atoms with E-state index in [1.807, 2.05) is 19.1 Å². The lowest BCUT2D eigenvalue weighted by Gasteiger charge is -2.05. The molecular formula is C11H13N3O. The minimum Gasteiger partial charge on any atom is -0.469 e. The molecule has 0 aliphatic carbocycles. The smallest absolute Gasteiger partial charge is 0.146 e. The van der Waals surface area contributed by atoms with Crippen LogP contribution in [-0.4, -0.2) is 4.98 Å². The van der Waals surface area contributed by atoms with Gasteiger partial charge in [0.05, 0.1) is 12.0 Å². The van der Waals surface area contributed by atoms with Gasteiger partial charge in [0.25, 0.3) is 0 Å². The predicted octanol–water partition coefficient (Wildman–Crippen LogP) is 1.74. The minimum atomic E-state index is 0.372. The number of nitrogen functional groups attached to an aromatic ring is 2. The first-order valence-electron chi connectivity index (χ1n) is 4.70. The Morgan fingerprint density at radius 2 is 2.13 bits per heavy atom. The van der Waals surface area contributed by atoms with Crippen molar-refractivity contribution in [1.29, 1.82) is 0 Å². The highest BCUT2D eigenvalue weighted by atomic mass is 16.3. The Labute approximate surface area is 87.9 Å². The van der Waals surface area contributed by atoms with Crippen molar-refractivity contribution in [2.24, 2.45) is 0 Å². The summed E-state index contributed by atoms with van der Waals surface area (Å²) in [6, 6.07) is 3.78. The van der Waals surface area contributed by atoms with Gasteiger partial charge >= 0.3 is 0 Å². The maximum Gasteiger partial charge on any atom is 0.146 e. The van der Waals surface area contributed by atoms with Gasteiger partial charge in [0.2, 0.25) is 0 Å². The van der Waals surface area contributed by atoms with E-state index in [1.54, 1.807) is 12.5 Å². The van der Waals surface area contributed by atoms with Crippen LogP contribution >= 0.6 is 0 Å². The Bertz CT molecular complexity index is 476. The largest absolute Gasteiger partial charge is 0.469 e. The summed E-state index contributed by atoms with van der Waals surface area (Å²) in [4.78, 5) is 3.91. The molecule has 2 aromatic rings. The van der Waals surface area contributed by atoms with E-state index in [2.05, 4.69) is 4.98 Å². The van der Waals surface area contributed by atoms with E-state index >= 15 is 0 Å². The fourth-order valence-corrected chi connectivity index (χ4v) is 1.44. The van der Waals surface area contributed by atoms with Crippen LogP contribution in [0.2, 0.25) is 0 Å². The SMILES string of the molecule is Cc1ccoc1Cc1ccnc(N)c1N. The molecule has 0 spiro atoms. The van der Waals surface area contributed by atoms with E-state index in [1.165, 1.54) is 0 Å². The zero-order chi connectivity index (χ0) is 10.8. The Balaban J connectivity index is 2.33. The molecular weight excluding hydrogens is 190 g/mol. The molecule has 2 aromatic heterocycles. The molecule has 4 N–H and O–H groups in total. The molecule has 4 nitrogen and oxygen atoms in total. The van der Waals surface area contributed by atoms with Gasteiger partial charge in [-0.05, 0) is 30.2 Å². The van der Waals surface area contributed by atoms with E-state index in [0.29, 0.717) is 17.9 Å². The highest BCUT2D eigenvalue weighted by molar-refractivity contribution is 5.63. The van der Waals surface area contributed by atoms with E-state index in [0.717, 1.165) is 16.9 Å². The third-order valence-corrected chi connectivity index (χ3v) is 2.43. The summed E-state index contributed by atoms with van der Waals surface area (Å²) in [6.45, 7) is 2.00. The average molecular weight is 203 g/mol. The van der Waals surface area contributed by atoms with Crippen LogP contribution in [0.1, 0.15) is 16.9 Å². The highest BCUT2D eigenvalue weighted by Gasteiger charge is 2.08. The van der Waals surface area contributed by atoms with Gasteiger partial charge in [0.1, 0.15) is 11.6 Å². The summed E-state index contributed by atoms with van der Waals surface area (Å²) < 4.78 is 5.35. The second-order valence-corrected chi connectivity index (χ2v) is 3.47. The van der Waals surface area contributed by atoms with Gasteiger partial charge in [0.15, 0.2) is 0 Å². The lowest BCUT2D eigenvalue weighted by Crippen LogP contribution is -2.02. The molecule has 0 atom stereocenters. The Morgan fingerprint density at radius 3 is 2.80 bits per heavy atom. The number of furan rings is 1. The monoisotopic (exact) mass is 203 g/mol. The van der Waals surface area contributed by atoms with Gasteiger partial charge in [-0.1, -0.05) is 0 Å². The normalized spacial score (nSPS) is 10.5. The summed E-state index contributed by atoms with van der Waals surface area (Å²) in [5, 5.41) is 0. The molecule has 0 amide bonds. The fraction of sp³-hybridized carbons (Fsp3) is 0.182.